The Kier molecular flexibility index (Phi) is 6.29. The minimum absolute atomic E-state index is 0.179. The van der Waals surface area contributed by atoms with E-state index in [9.17, 15) is 22.0 Å². The van der Waals surface area contributed by atoms with Gasteiger partial charge in [0.15, 0.2) is 11.6 Å². The van der Waals surface area contributed by atoms with E-state index in [4.69, 9.17) is 0 Å². The van der Waals surface area contributed by atoms with Gasteiger partial charge in [-0.1, -0.05) is 28.1 Å². The van der Waals surface area contributed by atoms with Gasteiger partial charge in [0, 0.05) is 22.3 Å². The van der Waals surface area contributed by atoms with Gasteiger partial charge in [-0.25, -0.2) is 17.2 Å². The Bertz CT molecular complexity index is 1150. The first-order valence-electron chi connectivity index (χ1n) is 8.35. The van der Waals surface area contributed by atoms with Gasteiger partial charge < -0.3 is 5.32 Å². The molecule has 3 aromatic rings. The molecule has 0 saturated heterocycles. The lowest BCUT2D eigenvalue weighted by Crippen LogP contribution is -2.22. The molecule has 150 valence electrons. The average molecular weight is 481 g/mol. The fourth-order valence-corrected chi connectivity index (χ4v) is 4.00. The van der Waals surface area contributed by atoms with Crippen molar-refractivity contribution in [3.8, 4) is 0 Å². The molecule has 0 aromatic heterocycles. The fraction of sp³-hybridized carbons (Fsp3) is 0.0500. The van der Waals surface area contributed by atoms with E-state index in [1.165, 1.54) is 24.3 Å². The predicted octanol–water partition coefficient (Wildman–Crippen LogP) is 4.46. The normalized spacial score (nSPS) is 11.1. The van der Waals surface area contributed by atoms with Crippen LogP contribution in [0.1, 0.15) is 15.9 Å². The van der Waals surface area contributed by atoms with Crippen LogP contribution in [0.25, 0.3) is 0 Å². The Morgan fingerprint density at radius 2 is 1.66 bits per heavy atom. The molecular weight excluding hydrogens is 466 g/mol. The van der Waals surface area contributed by atoms with Crippen LogP contribution >= 0.6 is 15.9 Å². The van der Waals surface area contributed by atoms with Crippen molar-refractivity contribution in [3.05, 3.63) is 94.0 Å². The van der Waals surface area contributed by atoms with Gasteiger partial charge in [0.1, 0.15) is 0 Å². The maximum Gasteiger partial charge on any atom is 0.261 e. The van der Waals surface area contributed by atoms with E-state index < -0.39 is 26.6 Å². The SMILES string of the molecule is O=C(NCc1cccc(Br)c1)c1ccc(NS(=O)(=O)c2ccc(F)c(F)c2)cc1. The Balaban J connectivity index is 1.66. The van der Waals surface area contributed by atoms with Gasteiger partial charge in [-0.2, -0.15) is 0 Å². The molecule has 9 heteroatoms. The second kappa shape index (κ2) is 8.71. The molecule has 1 amide bonds. The molecule has 0 aliphatic carbocycles. The van der Waals surface area contributed by atoms with Gasteiger partial charge in [0.2, 0.25) is 0 Å². The van der Waals surface area contributed by atoms with Gasteiger partial charge >= 0.3 is 0 Å². The number of carbonyl (C=O) groups excluding carboxylic acids is 1. The lowest BCUT2D eigenvalue weighted by atomic mass is 10.2. The van der Waals surface area contributed by atoms with E-state index in [0.29, 0.717) is 18.2 Å². The maximum absolute atomic E-state index is 13.3. The molecule has 0 unspecified atom stereocenters. The number of amides is 1. The molecule has 2 N–H and O–H groups in total. The zero-order chi connectivity index (χ0) is 21.0. The molecule has 3 aromatic carbocycles. The summed E-state index contributed by atoms with van der Waals surface area (Å²) in [5, 5.41) is 2.77. The molecule has 0 aliphatic rings. The molecular formula is C20H15BrF2N2O3S. The van der Waals surface area contributed by atoms with Crippen LogP contribution in [0.5, 0.6) is 0 Å². The number of sulfonamides is 1. The van der Waals surface area contributed by atoms with Crippen LogP contribution in [0, 0.1) is 11.6 Å². The van der Waals surface area contributed by atoms with E-state index in [0.717, 1.165) is 22.2 Å². The third-order valence-electron chi connectivity index (χ3n) is 3.94. The lowest BCUT2D eigenvalue weighted by Gasteiger charge is -2.10. The Labute approximate surface area is 174 Å². The molecule has 0 fully saturated rings. The summed E-state index contributed by atoms with van der Waals surface area (Å²) in [7, 11) is -4.10. The summed E-state index contributed by atoms with van der Waals surface area (Å²) in [5.74, 6) is -2.72. The van der Waals surface area contributed by atoms with Crippen molar-refractivity contribution in [1.29, 1.82) is 0 Å². The first-order valence-corrected chi connectivity index (χ1v) is 10.6. The Hall–Kier alpha value is -2.78. The van der Waals surface area contributed by atoms with E-state index >= 15 is 0 Å². The highest BCUT2D eigenvalue weighted by Crippen LogP contribution is 2.19. The van der Waals surface area contributed by atoms with Crippen LogP contribution in [0.2, 0.25) is 0 Å². The number of nitrogens with one attached hydrogen (secondary N) is 2. The van der Waals surface area contributed by atoms with Crippen LogP contribution in [-0.2, 0) is 16.6 Å². The van der Waals surface area contributed by atoms with E-state index in [2.05, 4.69) is 26.0 Å². The topological polar surface area (TPSA) is 75.3 Å². The monoisotopic (exact) mass is 480 g/mol. The standard InChI is InChI=1S/C20H15BrF2N2O3S/c21-15-3-1-2-13(10-15)12-24-20(26)14-4-6-16(7-5-14)25-29(27,28)17-8-9-18(22)19(23)11-17/h1-11,25H,12H2,(H,24,26). The van der Waals surface area contributed by atoms with Crippen LogP contribution in [-0.4, -0.2) is 14.3 Å². The summed E-state index contributed by atoms with van der Waals surface area (Å²) >= 11 is 3.36. The number of hydrogen-bond donors (Lipinski definition) is 2. The molecule has 0 spiro atoms. The van der Waals surface area contributed by atoms with Gasteiger partial charge in [-0.05, 0) is 60.2 Å². The number of anilines is 1. The van der Waals surface area contributed by atoms with Crippen molar-refractivity contribution in [1.82, 2.24) is 5.32 Å². The minimum Gasteiger partial charge on any atom is -0.348 e. The van der Waals surface area contributed by atoms with Crippen LogP contribution in [0.3, 0.4) is 0 Å². The molecule has 29 heavy (non-hydrogen) atoms. The number of benzene rings is 3. The van der Waals surface area contributed by atoms with Gasteiger partial charge in [0.25, 0.3) is 15.9 Å². The van der Waals surface area contributed by atoms with Crippen LogP contribution in [0.4, 0.5) is 14.5 Å². The first-order chi connectivity index (χ1) is 13.7. The van der Waals surface area contributed by atoms with E-state index in [-0.39, 0.29) is 11.6 Å². The Morgan fingerprint density at radius 1 is 0.931 bits per heavy atom. The summed E-state index contributed by atoms with van der Waals surface area (Å²) < 4.78 is 54.0. The molecule has 5 nitrogen and oxygen atoms in total. The second-order valence-electron chi connectivity index (χ2n) is 6.07. The largest absolute Gasteiger partial charge is 0.348 e. The second-order valence-corrected chi connectivity index (χ2v) is 8.67. The first kappa shape index (κ1) is 20.9. The van der Waals surface area contributed by atoms with E-state index in [1.54, 1.807) is 0 Å². The third-order valence-corrected chi connectivity index (χ3v) is 5.81. The molecule has 0 atom stereocenters. The average Bonchev–Trinajstić information content (AvgIpc) is 2.68. The molecule has 0 aliphatic heterocycles. The molecule has 3 rings (SSSR count). The van der Waals surface area contributed by atoms with E-state index in [1.807, 2.05) is 24.3 Å². The summed E-state index contributed by atoms with van der Waals surface area (Å²) in [6.07, 6.45) is 0. The van der Waals surface area contributed by atoms with Gasteiger partial charge in [0.05, 0.1) is 4.90 Å². The summed E-state index contributed by atoms with van der Waals surface area (Å²) in [4.78, 5) is 11.8. The van der Waals surface area contributed by atoms with Crippen molar-refractivity contribution < 1.29 is 22.0 Å². The lowest BCUT2D eigenvalue weighted by molar-refractivity contribution is 0.0951. The number of carbonyl (C=O) groups is 1. The highest BCUT2D eigenvalue weighted by Gasteiger charge is 2.17. The number of halogens is 3. The highest BCUT2D eigenvalue weighted by molar-refractivity contribution is 9.10. The number of rotatable bonds is 6. The zero-order valence-corrected chi connectivity index (χ0v) is 17.2. The van der Waals surface area contributed by atoms with Gasteiger partial charge in [-0.15, -0.1) is 0 Å². The Morgan fingerprint density at radius 3 is 2.31 bits per heavy atom. The van der Waals surface area contributed by atoms with Crippen molar-refractivity contribution in [2.75, 3.05) is 4.72 Å². The third kappa shape index (κ3) is 5.39. The highest BCUT2D eigenvalue weighted by atomic mass is 79.9. The van der Waals surface area contributed by atoms with Crippen molar-refractivity contribution in [3.63, 3.8) is 0 Å². The fourth-order valence-electron chi connectivity index (χ4n) is 2.48. The molecule has 0 bridgehead atoms. The summed E-state index contributed by atoms with van der Waals surface area (Å²) in [5.41, 5.74) is 1.44. The predicted molar refractivity (Wildman–Crippen MR) is 109 cm³/mol. The minimum atomic E-state index is -4.10. The number of hydrogen-bond acceptors (Lipinski definition) is 3. The zero-order valence-electron chi connectivity index (χ0n) is 14.8. The quantitative estimate of drug-likeness (QED) is 0.546. The van der Waals surface area contributed by atoms with Crippen LogP contribution in [0.15, 0.2) is 76.1 Å². The van der Waals surface area contributed by atoms with Crippen molar-refractivity contribution in [2.45, 2.75) is 11.4 Å². The molecule has 0 saturated carbocycles. The van der Waals surface area contributed by atoms with Crippen molar-refractivity contribution >= 4 is 37.5 Å². The van der Waals surface area contributed by atoms with Crippen LogP contribution < -0.4 is 10.0 Å². The summed E-state index contributed by atoms with van der Waals surface area (Å²) in [6, 6.07) is 15.5. The summed E-state index contributed by atoms with van der Waals surface area (Å²) in [6.45, 7) is 0.336. The molecule has 0 radical (unpaired) electrons. The van der Waals surface area contributed by atoms with Crippen molar-refractivity contribution in [2.24, 2.45) is 0 Å². The van der Waals surface area contributed by atoms with Gasteiger partial charge in [-0.3, -0.25) is 9.52 Å². The smallest absolute Gasteiger partial charge is 0.261 e. The molecule has 0 heterocycles. The maximum atomic E-state index is 13.3.